The fourth-order valence-corrected chi connectivity index (χ4v) is 2.14. The second-order valence-electron chi connectivity index (χ2n) is 4.32. The zero-order chi connectivity index (χ0) is 16.0. The third kappa shape index (κ3) is 6.27. The van der Waals surface area contributed by atoms with Crippen LogP contribution in [0.2, 0.25) is 10.0 Å². The number of carbonyl (C=O) groups is 2. The van der Waals surface area contributed by atoms with E-state index in [9.17, 15) is 18.4 Å². The number of aryl methyl sites for hydroxylation is 1. The van der Waals surface area contributed by atoms with E-state index < -0.39 is 30.8 Å². The molecule has 1 rings (SSSR count). The zero-order valence-electron chi connectivity index (χ0n) is 10.8. The number of aliphatic carboxylic acids is 1. The smallest absolute Gasteiger partial charge is 0.326 e. The zero-order valence-corrected chi connectivity index (χ0v) is 12.3. The number of rotatable bonds is 7. The summed E-state index contributed by atoms with van der Waals surface area (Å²) in [5, 5.41) is 11.6. The molecule has 0 saturated heterocycles. The van der Waals surface area contributed by atoms with Crippen molar-refractivity contribution >= 4 is 35.1 Å². The summed E-state index contributed by atoms with van der Waals surface area (Å²) in [4.78, 5) is 22.4. The summed E-state index contributed by atoms with van der Waals surface area (Å²) in [7, 11) is 0. The van der Waals surface area contributed by atoms with Crippen molar-refractivity contribution in [2.75, 3.05) is 0 Å². The molecule has 4 nitrogen and oxygen atoms in total. The average Bonchev–Trinajstić information content (AvgIpc) is 2.36. The van der Waals surface area contributed by atoms with Crippen LogP contribution in [0.3, 0.4) is 0 Å². The Morgan fingerprint density at radius 3 is 2.48 bits per heavy atom. The fraction of sp³-hybridized carbons (Fsp3) is 0.385. The van der Waals surface area contributed by atoms with Crippen molar-refractivity contribution in [1.82, 2.24) is 5.32 Å². The third-order valence-electron chi connectivity index (χ3n) is 2.68. The summed E-state index contributed by atoms with van der Waals surface area (Å²) in [6, 6.07) is 3.18. The summed E-state index contributed by atoms with van der Waals surface area (Å²) < 4.78 is 24.4. The van der Waals surface area contributed by atoms with E-state index in [1.807, 2.05) is 0 Å². The number of nitrogens with one attached hydrogen (secondary N) is 1. The van der Waals surface area contributed by atoms with Crippen LogP contribution in [-0.4, -0.2) is 29.5 Å². The molecule has 0 radical (unpaired) electrons. The topological polar surface area (TPSA) is 66.4 Å². The van der Waals surface area contributed by atoms with Crippen molar-refractivity contribution in [1.29, 1.82) is 0 Å². The van der Waals surface area contributed by atoms with Gasteiger partial charge in [-0.15, -0.1) is 0 Å². The molecule has 0 aliphatic heterocycles. The van der Waals surface area contributed by atoms with Crippen molar-refractivity contribution in [3.8, 4) is 0 Å². The van der Waals surface area contributed by atoms with Crippen LogP contribution in [-0.2, 0) is 16.0 Å². The number of carboxylic acids is 1. The molecule has 0 bridgehead atoms. The maximum absolute atomic E-state index is 12.2. The molecule has 1 aromatic rings. The van der Waals surface area contributed by atoms with Gasteiger partial charge in [-0.05, 0) is 24.1 Å². The average molecular weight is 340 g/mol. The standard InChI is InChI=1S/C13H13Cl2F2NO3/c14-8-3-1-7(9(15)5-8)2-4-12(19)18-10(13(20)21)6-11(16)17/h1,3,5,10-11H,2,4,6H2,(H,18,19)(H,20,21)/t10-/m1/s1. The Morgan fingerprint density at radius 1 is 1.29 bits per heavy atom. The summed E-state index contributed by atoms with van der Waals surface area (Å²) in [5.74, 6) is -2.12. The van der Waals surface area contributed by atoms with Gasteiger partial charge < -0.3 is 10.4 Å². The summed E-state index contributed by atoms with van der Waals surface area (Å²) >= 11 is 11.7. The Morgan fingerprint density at radius 2 is 1.95 bits per heavy atom. The Kier molecular flexibility index (Phi) is 6.84. The first-order valence-corrected chi connectivity index (χ1v) is 6.79. The lowest BCUT2D eigenvalue weighted by molar-refractivity contribution is -0.143. The van der Waals surface area contributed by atoms with Crippen LogP contribution in [0.4, 0.5) is 8.78 Å². The molecule has 0 unspecified atom stereocenters. The molecule has 116 valence electrons. The van der Waals surface area contributed by atoms with Gasteiger partial charge in [0.25, 0.3) is 0 Å². The number of carboxylic acid groups (broad SMARTS) is 1. The number of hydrogen-bond donors (Lipinski definition) is 2. The second-order valence-corrected chi connectivity index (χ2v) is 5.16. The van der Waals surface area contributed by atoms with Gasteiger partial charge >= 0.3 is 5.97 Å². The maximum Gasteiger partial charge on any atom is 0.326 e. The molecule has 0 fully saturated rings. The molecule has 21 heavy (non-hydrogen) atoms. The predicted octanol–water partition coefficient (Wildman–Crippen LogP) is 3.15. The lowest BCUT2D eigenvalue weighted by atomic mass is 10.1. The Bertz CT molecular complexity index is 526. The van der Waals surface area contributed by atoms with Gasteiger partial charge in [-0.3, -0.25) is 4.79 Å². The van der Waals surface area contributed by atoms with Crippen molar-refractivity contribution in [3.05, 3.63) is 33.8 Å². The number of alkyl halides is 2. The monoisotopic (exact) mass is 339 g/mol. The van der Waals surface area contributed by atoms with Gasteiger partial charge in [-0.25, -0.2) is 13.6 Å². The highest BCUT2D eigenvalue weighted by atomic mass is 35.5. The van der Waals surface area contributed by atoms with Crippen molar-refractivity contribution in [3.63, 3.8) is 0 Å². The minimum atomic E-state index is -2.81. The van der Waals surface area contributed by atoms with Gasteiger partial charge in [0.2, 0.25) is 12.3 Å². The van der Waals surface area contributed by atoms with E-state index in [0.717, 1.165) is 0 Å². The number of carbonyl (C=O) groups excluding carboxylic acids is 1. The molecule has 0 aliphatic rings. The SMILES string of the molecule is O=C(CCc1ccc(Cl)cc1Cl)N[C@H](CC(F)F)C(=O)O. The van der Waals surface area contributed by atoms with E-state index in [2.05, 4.69) is 5.32 Å². The normalized spacial score (nSPS) is 12.2. The summed E-state index contributed by atoms with van der Waals surface area (Å²) in [5.41, 5.74) is 0.664. The molecular weight excluding hydrogens is 327 g/mol. The summed E-state index contributed by atoms with van der Waals surface area (Å²) in [6.45, 7) is 0. The third-order valence-corrected chi connectivity index (χ3v) is 3.27. The molecule has 1 atom stereocenters. The number of hydrogen-bond acceptors (Lipinski definition) is 2. The van der Waals surface area contributed by atoms with Crippen molar-refractivity contribution in [2.24, 2.45) is 0 Å². The molecular formula is C13H13Cl2F2NO3. The molecule has 0 aromatic heterocycles. The van der Waals surface area contributed by atoms with E-state index in [4.69, 9.17) is 28.3 Å². The van der Waals surface area contributed by atoms with Crippen molar-refractivity contribution in [2.45, 2.75) is 31.7 Å². The van der Waals surface area contributed by atoms with Gasteiger partial charge in [-0.1, -0.05) is 29.3 Å². The molecule has 0 heterocycles. The summed E-state index contributed by atoms with van der Waals surface area (Å²) in [6.07, 6.45) is -3.54. The minimum Gasteiger partial charge on any atom is -0.480 e. The molecule has 2 N–H and O–H groups in total. The Hall–Kier alpha value is -1.40. The van der Waals surface area contributed by atoms with Crippen LogP contribution < -0.4 is 5.32 Å². The predicted molar refractivity (Wildman–Crippen MR) is 75.0 cm³/mol. The fourth-order valence-electron chi connectivity index (χ4n) is 1.64. The van der Waals surface area contributed by atoms with Crippen LogP contribution >= 0.6 is 23.2 Å². The quantitative estimate of drug-likeness (QED) is 0.801. The molecule has 0 saturated carbocycles. The van der Waals surface area contributed by atoms with Crippen LogP contribution in [0.1, 0.15) is 18.4 Å². The molecule has 0 spiro atoms. The van der Waals surface area contributed by atoms with Gasteiger partial charge in [0.15, 0.2) is 0 Å². The molecule has 1 amide bonds. The van der Waals surface area contributed by atoms with Crippen LogP contribution in [0.5, 0.6) is 0 Å². The van der Waals surface area contributed by atoms with E-state index >= 15 is 0 Å². The van der Waals surface area contributed by atoms with Gasteiger partial charge in [0, 0.05) is 22.9 Å². The molecule has 0 aliphatic carbocycles. The van der Waals surface area contributed by atoms with Gasteiger partial charge in [-0.2, -0.15) is 0 Å². The minimum absolute atomic E-state index is 0.0611. The number of amides is 1. The molecule has 1 aromatic carbocycles. The first kappa shape index (κ1) is 17.7. The lowest BCUT2D eigenvalue weighted by Crippen LogP contribution is -2.42. The first-order chi connectivity index (χ1) is 9.79. The first-order valence-electron chi connectivity index (χ1n) is 6.04. The van der Waals surface area contributed by atoms with E-state index in [1.54, 1.807) is 12.1 Å². The van der Waals surface area contributed by atoms with Crippen LogP contribution in [0.15, 0.2) is 18.2 Å². The highest BCUT2D eigenvalue weighted by Crippen LogP contribution is 2.22. The number of halogens is 4. The molecule has 8 heteroatoms. The highest BCUT2D eigenvalue weighted by Gasteiger charge is 2.23. The Balaban J connectivity index is 2.54. The van der Waals surface area contributed by atoms with Gasteiger partial charge in [0.05, 0.1) is 0 Å². The second kappa shape index (κ2) is 8.14. The van der Waals surface area contributed by atoms with Gasteiger partial charge in [0.1, 0.15) is 6.04 Å². The lowest BCUT2D eigenvalue weighted by Gasteiger charge is -2.14. The van der Waals surface area contributed by atoms with E-state index in [-0.39, 0.29) is 12.8 Å². The number of benzene rings is 1. The van der Waals surface area contributed by atoms with Crippen LogP contribution in [0.25, 0.3) is 0 Å². The van der Waals surface area contributed by atoms with Crippen LogP contribution in [0, 0.1) is 0 Å². The largest absolute Gasteiger partial charge is 0.480 e. The highest BCUT2D eigenvalue weighted by molar-refractivity contribution is 6.35. The van der Waals surface area contributed by atoms with Crippen molar-refractivity contribution < 1.29 is 23.5 Å². The van der Waals surface area contributed by atoms with E-state index in [0.29, 0.717) is 15.6 Å². The van der Waals surface area contributed by atoms with E-state index in [1.165, 1.54) is 6.07 Å². The Labute approximate surface area is 130 Å². The maximum atomic E-state index is 12.2.